The molecule has 0 aliphatic heterocycles. The van der Waals surface area contributed by atoms with Gasteiger partial charge < -0.3 is 4.98 Å². The zero-order valence-electron chi connectivity index (χ0n) is 12.7. The Morgan fingerprint density at radius 3 is 2.73 bits per heavy atom. The van der Waals surface area contributed by atoms with Crippen LogP contribution in [0.5, 0.6) is 0 Å². The van der Waals surface area contributed by atoms with E-state index < -0.39 is 0 Å². The third-order valence-electron chi connectivity index (χ3n) is 4.06. The Morgan fingerprint density at radius 1 is 1.09 bits per heavy atom. The lowest BCUT2D eigenvalue weighted by atomic mass is 9.96. The zero-order valence-corrected chi connectivity index (χ0v) is 12.7. The minimum Gasteiger partial charge on any atom is -0.361 e. The highest BCUT2D eigenvalue weighted by Gasteiger charge is 2.09. The number of benzene rings is 2. The minimum atomic E-state index is 0.165. The molecule has 2 nitrogen and oxygen atoms in total. The molecule has 3 rings (SSSR count). The number of hydrogen-bond donors (Lipinski definition) is 1. The molecule has 110 valence electrons. The Kier molecular flexibility index (Phi) is 3.92. The summed E-state index contributed by atoms with van der Waals surface area (Å²) in [6.45, 7) is 6.21. The van der Waals surface area contributed by atoms with Gasteiger partial charge in [-0.1, -0.05) is 30.8 Å². The van der Waals surface area contributed by atoms with E-state index >= 15 is 0 Å². The molecule has 0 radical (unpaired) electrons. The topological polar surface area (TPSA) is 32.9 Å². The summed E-state index contributed by atoms with van der Waals surface area (Å²) in [6.07, 6.45) is 3.07. The first kappa shape index (κ1) is 14.3. The van der Waals surface area contributed by atoms with Gasteiger partial charge in [-0.05, 0) is 54.3 Å². The molecule has 2 aromatic carbocycles. The van der Waals surface area contributed by atoms with Crippen LogP contribution >= 0.6 is 0 Å². The van der Waals surface area contributed by atoms with Crippen LogP contribution < -0.4 is 0 Å². The molecule has 0 amide bonds. The second-order valence-corrected chi connectivity index (χ2v) is 5.62. The molecule has 0 bridgehead atoms. The second kappa shape index (κ2) is 6.02. The third kappa shape index (κ3) is 2.86. The van der Waals surface area contributed by atoms with Crippen LogP contribution in [0.15, 0.2) is 61.3 Å². The highest BCUT2D eigenvalue weighted by Crippen LogP contribution is 2.23. The third-order valence-corrected chi connectivity index (χ3v) is 4.06. The summed E-state index contributed by atoms with van der Waals surface area (Å²) in [6, 6.07) is 15.9. The maximum atomic E-state index is 12.4. The number of aromatic amines is 1. The molecule has 22 heavy (non-hydrogen) atoms. The van der Waals surface area contributed by atoms with E-state index in [-0.39, 0.29) is 5.78 Å². The molecule has 1 aromatic heterocycles. The first-order chi connectivity index (χ1) is 10.6. The summed E-state index contributed by atoms with van der Waals surface area (Å²) in [5.41, 5.74) is 5.20. The monoisotopic (exact) mass is 289 g/mol. The fourth-order valence-electron chi connectivity index (χ4n) is 2.74. The molecule has 0 spiro atoms. The van der Waals surface area contributed by atoms with E-state index in [4.69, 9.17) is 0 Å². The first-order valence-electron chi connectivity index (χ1n) is 7.49. The Balaban J connectivity index is 1.69. The largest absolute Gasteiger partial charge is 0.361 e. The molecule has 2 heteroatoms. The van der Waals surface area contributed by atoms with Crippen LogP contribution in [0.4, 0.5) is 0 Å². The van der Waals surface area contributed by atoms with Gasteiger partial charge in [0.2, 0.25) is 0 Å². The lowest BCUT2D eigenvalue weighted by molar-refractivity contribution is 0.0984. The lowest BCUT2D eigenvalue weighted by Gasteiger charge is -2.09. The standard InChI is InChI=1S/C20H19NO/c1-14-5-3-4-6-18(14)15(2)7-10-20(22)17-8-9-19-16(13-17)11-12-21-19/h3-6,8-9,11-13,21H,2,7,10H2,1H3. The van der Waals surface area contributed by atoms with Crippen LogP contribution in [0.3, 0.4) is 0 Å². The van der Waals surface area contributed by atoms with E-state index in [1.54, 1.807) is 0 Å². The van der Waals surface area contributed by atoms with Crippen molar-refractivity contribution in [2.45, 2.75) is 19.8 Å². The summed E-state index contributed by atoms with van der Waals surface area (Å²) >= 11 is 0. The van der Waals surface area contributed by atoms with E-state index in [1.165, 1.54) is 5.56 Å². The van der Waals surface area contributed by atoms with Crippen LogP contribution in [0.1, 0.15) is 34.3 Å². The van der Waals surface area contributed by atoms with Crippen molar-refractivity contribution in [3.63, 3.8) is 0 Å². The molecule has 1 heterocycles. The highest BCUT2D eigenvalue weighted by molar-refractivity contribution is 6.00. The fourth-order valence-corrected chi connectivity index (χ4v) is 2.74. The van der Waals surface area contributed by atoms with Crippen LogP contribution in [0.25, 0.3) is 16.5 Å². The molecule has 0 saturated heterocycles. The maximum absolute atomic E-state index is 12.4. The predicted octanol–water partition coefficient (Wildman–Crippen LogP) is 5.15. The summed E-state index contributed by atoms with van der Waals surface area (Å²) in [5, 5.41) is 1.07. The van der Waals surface area contributed by atoms with Gasteiger partial charge in [0.05, 0.1) is 0 Å². The Labute approximate surface area is 130 Å². The van der Waals surface area contributed by atoms with E-state index in [1.807, 2.05) is 42.6 Å². The van der Waals surface area contributed by atoms with E-state index in [0.717, 1.165) is 27.6 Å². The van der Waals surface area contributed by atoms with Crippen molar-refractivity contribution < 1.29 is 4.79 Å². The van der Waals surface area contributed by atoms with Crippen LogP contribution in [0.2, 0.25) is 0 Å². The molecule has 0 aliphatic rings. The van der Waals surface area contributed by atoms with Crippen LogP contribution in [-0.2, 0) is 0 Å². The van der Waals surface area contributed by atoms with Crippen LogP contribution in [0, 0.1) is 6.92 Å². The van der Waals surface area contributed by atoms with Gasteiger partial charge in [0.25, 0.3) is 0 Å². The van der Waals surface area contributed by atoms with Crippen molar-refractivity contribution >= 4 is 22.3 Å². The number of fused-ring (bicyclic) bond motifs is 1. The van der Waals surface area contributed by atoms with Crippen molar-refractivity contribution in [2.75, 3.05) is 0 Å². The Bertz CT molecular complexity index is 842. The van der Waals surface area contributed by atoms with Gasteiger partial charge in [0.15, 0.2) is 5.78 Å². The average Bonchev–Trinajstić information content (AvgIpc) is 3.00. The van der Waals surface area contributed by atoms with Gasteiger partial charge in [-0.25, -0.2) is 0 Å². The van der Waals surface area contributed by atoms with Crippen LogP contribution in [-0.4, -0.2) is 10.8 Å². The molecule has 0 atom stereocenters. The van der Waals surface area contributed by atoms with Gasteiger partial charge >= 0.3 is 0 Å². The zero-order chi connectivity index (χ0) is 15.5. The van der Waals surface area contributed by atoms with Gasteiger partial charge in [-0.3, -0.25) is 4.79 Å². The lowest BCUT2D eigenvalue weighted by Crippen LogP contribution is -1.99. The summed E-state index contributed by atoms with van der Waals surface area (Å²) in [7, 11) is 0. The number of hydrogen-bond acceptors (Lipinski definition) is 1. The number of carbonyl (C=O) groups is 1. The van der Waals surface area contributed by atoms with Gasteiger partial charge in [0.1, 0.15) is 0 Å². The smallest absolute Gasteiger partial charge is 0.163 e. The van der Waals surface area contributed by atoms with E-state index in [0.29, 0.717) is 12.8 Å². The second-order valence-electron chi connectivity index (χ2n) is 5.62. The van der Waals surface area contributed by atoms with E-state index in [9.17, 15) is 4.79 Å². The number of Topliss-reactive ketones (excluding diaryl/α,β-unsaturated/α-hetero) is 1. The van der Waals surface area contributed by atoms with Gasteiger partial charge in [-0.2, -0.15) is 0 Å². The predicted molar refractivity (Wildman–Crippen MR) is 92.1 cm³/mol. The quantitative estimate of drug-likeness (QED) is 0.647. The number of carbonyl (C=O) groups excluding carboxylic acids is 1. The molecule has 3 aromatic rings. The van der Waals surface area contributed by atoms with E-state index in [2.05, 4.69) is 30.6 Å². The van der Waals surface area contributed by atoms with Crippen molar-refractivity contribution in [3.8, 4) is 0 Å². The number of H-pyrrole nitrogens is 1. The molecule has 1 N–H and O–H groups in total. The molecule has 0 fully saturated rings. The molecule has 0 saturated carbocycles. The molecular weight excluding hydrogens is 270 g/mol. The Morgan fingerprint density at radius 2 is 1.91 bits per heavy atom. The number of nitrogens with one attached hydrogen (secondary N) is 1. The number of rotatable bonds is 5. The average molecular weight is 289 g/mol. The number of aryl methyl sites for hydroxylation is 1. The fraction of sp³-hybridized carbons (Fsp3) is 0.150. The Hall–Kier alpha value is -2.61. The maximum Gasteiger partial charge on any atom is 0.163 e. The van der Waals surface area contributed by atoms with Gasteiger partial charge in [-0.15, -0.1) is 0 Å². The first-order valence-corrected chi connectivity index (χ1v) is 7.49. The summed E-state index contributed by atoms with van der Waals surface area (Å²) in [4.78, 5) is 15.5. The SMILES string of the molecule is C=C(CCC(=O)c1ccc2[nH]ccc2c1)c1ccccc1C. The number of allylic oxidation sites excluding steroid dienone is 1. The molecular formula is C20H19NO. The summed E-state index contributed by atoms with van der Waals surface area (Å²) < 4.78 is 0. The number of aromatic nitrogens is 1. The summed E-state index contributed by atoms with van der Waals surface area (Å²) in [5.74, 6) is 0.165. The van der Waals surface area contributed by atoms with Crippen molar-refractivity contribution in [2.24, 2.45) is 0 Å². The van der Waals surface area contributed by atoms with Crippen molar-refractivity contribution in [1.82, 2.24) is 4.98 Å². The molecule has 0 aliphatic carbocycles. The normalized spacial score (nSPS) is 10.8. The molecule has 0 unspecified atom stereocenters. The minimum absolute atomic E-state index is 0.165. The van der Waals surface area contributed by atoms with Crippen molar-refractivity contribution in [3.05, 3.63) is 78.0 Å². The number of ketones is 1. The van der Waals surface area contributed by atoms with Gasteiger partial charge in [0, 0.05) is 29.1 Å². The van der Waals surface area contributed by atoms with Crippen molar-refractivity contribution in [1.29, 1.82) is 0 Å². The highest BCUT2D eigenvalue weighted by atomic mass is 16.1.